The van der Waals surface area contributed by atoms with E-state index in [4.69, 9.17) is 9.97 Å². The summed E-state index contributed by atoms with van der Waals surface area (Å²) in [5, 5.41) is 6.25. The fourth-order valence-corrected chi connectivity index (χ4v) is 3.08. The van der Waals surface area contributed by atoms with Crippen molar-refractivity contribution in [2.24, 2.45) is 0 Å². The Morgan fingerprint density at radius 1 is 1.00 bits per heavy atom. The van der Waals surface area contributed by atoms with Crippen molar-refractivity contribution in [1.29, 1.82) is 0 Å². The fraction of sp³-hybridized carbons (Fsp3) is 0.250. The van der Waals surface area contributed by atoms with E-state index in [2.05, 4.69) is 51.6 Å². The number of nitrogens with zero attached hydrogens (tertiary/aromatic N) is 6. The minimum atomic E-state index is 0.542. The molecule has 8 heteroatoms. The van der Waals surface area contributed by atoms with Crippen LogP contribution in [-0.2, 0) is 13.0 Å². The molecule has 0 atom stereocenters. The zero-order chi connectivity index (χ0) is 19.5. The number of imidazole rings is 1. The Labute approximate surface area is 163 Å². The van der Waals surface area contributed by atoms with Crippen LogP contribution in [0.5, 0.6) is 0 Å². The highest BCUT2D eigenvalue weighted by Crippen LogP contribution is 2.24. The summed E-state index contributed by atoms with van der Waals surface area (Å²) in [6, 6.07) is 10.1. The van der Waals surface area contributed by atoms with Gasteiger partial charge in [-0.25, -0.2) is 19.9 Å². The molecule has 0 unspecified atom stereocenters. The summed E-state index contributed by atoms with van der Waals surface area (Å²) in [4.78, 5) is 22.5. The molecule has 0 radical (unpaired) electrons. The molecule has 0 aliphatic heterocycles. The molecule has 3 heterocycles. The molecule has 1 aromatic carbocycles. The van der Waals surface area contributed by atoms with Gasteiger partial charge in [0.2, 0.25) is 11.9 Å². The van der Waals surface area contributed by atoms with Crippen LogP contribution in [-0.4, -0.2) is 36.5 Å². The average molecular weight is 374 g/mol. The molecule has 0 fully saturated rings. The summed E-state index contributed by atoms with van der Waals surface area (Å²) in [6.07, 6.45) is 4.44. The normalized spacial score (nSPS) is 11.0. The van der Waals surface area contributed by atoms with Crippen LogP contribution in [0, 0.1) is 0 Å². The Kier molecular flexibility index (Phi) is 4.84. The van der Waals surface area contributed by atoms with Gasteiger partial charge in [0.05, 0.1) is 6.20 Å². The molecule has 0 bridgehead atoms. The molecule has 0 aliphatic rings. The van der Waals surface area contributed by atoms with Crippen LogP contribution >= 0.6 is 0 Å². The number of fused-ring (bicyclic) bond motifs is 1. The first-order valence-electron chi connectivity index (χ1n) is 9.32. The van der Waals surface area contributed by atoms with E-state index in [-0.39, 0.29) is 0 Å². The monoisotopic (exact) mass is 374 g/mol. The molecule has 2 N–H and O–H groups in total. The maximum Gasteiger partial charge on any atom is 0.229 e. The second kappa shape index (κ2) is 7.59. The molecule has 4 aromatic rings. The lowest BCUT2D eigenvalue weighted by molar-refractivity contribution is 0.783. The smallest absolute Gasteiger partial charge is 0.229 e. The molecule has 3 aromatic heterocycles. The summed E-state index contributed by atoms with van der Waals surface area (Å²) in [7, 11) is 1.79. The average Bonchev–Trinajstić information content (AvgIpc) is 3.12. The molecule has 142 valence electrons. The van der Waals surface area contributed by atoms with E-state index in [0.29, 0.717) is 18.4 Å². The van der Waals surface area contributed by atoms with Gasteiger partial charge >= 0.3 is 0 Å². The minimum absolute atomic E-state index is 0.542. The van der Waals surface area contributed by atoms with Gasteiger partial charge in [-0.15, -0.1) is 0 Å². The third-order valence-electron chi connectivity index (χ3n) is 4.50. The predicted octanol–water partition coefficient (Wildman–Crippen LogP) is 3.65. The highest BCUT2D eigenvalue weighted by atomic mass is 15.2. The van der Waals surface area contributed by atoms with Crippen molar-refractivity contribution in [3.63, 3.8) is 0 Å². The van der Waals surface area contributed by atoms with Crippen molar-refractivity contribution in [2.75, 3.05) is 17.7 Å². The Bertz CT molecular complexity index is 1120. The van der Waals surface area contributed by atoms with Gasteiger partial charge in [0.15, 0.2) is 11.5 Å². The van der Waals surface area contributed by atoms with Crippen LogP contribution in [0.4, 0.5) is 17.6 Å². The molecular formula is C20H22N8. The van der Waals surface area contributed by atoms with Gasteiger partial charge in [-0.05, 0) is 37.1 Å². The highest BCUT2D eigenvalue weighted by Gasteiger charge is 2.15. The van der Waals surface area contributed by atoms with E-state index in [1.165, 1.54) is 5.56 Å². The fourth-order valence-electron chi connectivity index (χ4n) is 3.08. The molecule has 8 nitrogen and oxygen atoms in total. The van der Waals surface area contributed by atoms with Gasteiger partial charge in [-0.1, -0.05) is 19.1 Å². The van der Waals surface area contributed by atoms with Gasteiger partial charge in [-0.2, -0.15) is 4.98 Å². The van der Waals surface area contributed by atoms with Crippen molar-refractivity contribution in [3.05, 3.63) is 48.3 Å². The Morgan fingerprint density at radius 2 is 1.89 bits per heavy atom. The van der Waals surface area contributed by atoms with Gasteiger partial charge in [0.1, 0.15) is 11.2 Å². The van der Waals surface area contributed by atoms with Crippen LogP contribution in [0.1, 0.15) is 19.4 Å². The first kappa shape index (κ1) is 17.8. The number of aromatic nitrogens is 6. The number of benzene rings is 1. The zero-order valence-corrected chi connectivity index (χ0v) is 16.1. The largest absolute Gasteiger partial charge is 0.357 e. The number of aryl methyl sites for hydroxylation is 2. The van der Waals surface area contributed by atoms with E-state index < -0.39 is 0 Å². The third-order valence-corrected chi connectivity index (χ3v) is 4.50. The number of anilines is 3. The molecule has 4 rings (SSSR count). The third kappa shape index (κ3) is 3.36. The van der Waals surface area contributed by atoms with Gasteiger partial charge in [-0.3, -0.25) is 0 Å². The van der Waals surface area contributed by atoms with Crippen LogP contribution in [0.15, 0.2) is 42.7 Å². The van der Waals surface area contributed by atoms with Crippen molar-refractivity contribution >= 4 is 28.7 Å². The number of hydrogen-bond donors (Lipinski definition) is 2. The quantitative estimate of drug-likeness (QED) is 0.532. The van der Waals surface area contributed by atoms with Gasteiger partial charge in [0.25, 0.3) is 0 Å². The zero-order valence-electron chi connectivity index (χ0n) is 16.1. The molecule has 0 spiro atoms. The topological polar surface area (TPSA) is 93.4 Å². The lowest BCUT2D eigenvalue weighted by Gasteiger charge is -2.08. The molecule has 0 saturated heterocycles. The summed E-state index contributed by atoms with van der Waals surface area (Å²) >= 11 is 0. The molecular weight excluding hydrogens is 352 g/mol. The van der Waals surface area contributed by atoms with Crippen LogP contribution in [0.25, 0.3) is 22.7 Å². The van der Waals surface area contributed by atoms with Crippen molar-refractivity contribution in [3.8, 4) is 11.5 Å². The minimum Gasteiger partial charge on any atom is -0.357 e. The summed E-state index contributed by atoms with van der Waals surface area (Å²) in [5.41, 5.74) is 4.47. The first-order chi connectivity index (χ1) is 13.7. The second-order valence-corrected chi connectivity index (χ2v) is 6.28. The van der Waals surface area contributed by atoms with Crippen molar-refractivity contribution in [2.45, 2.75) is 26.8 Å². The maximum absolute atomic E-state index is 4.70. The Morgan fingerprint density at radius 3 is 2.68 bits per heavy atom. The molecule has 0 amide bonds. The lowest BCUT2D eigenvalue weighted by Crippen LogP contribution is -2.03. The SMILES string of the molecule is CCc1cccc(Nc2ncc3nc(-c4ccnc(NC)n4)n(CC)c3n2)c1. The second-order valence-electron chi connectivity index (χ2n) is 6.28. The van der Waals surface area contributed by atoms with E-state index in [9.17, 15) is 0 Å². The van der Waals surface area contributed by atoms with Gasteiger partial charge in [0, 0.05) is 25.5 Å². The summed E-state index contributed by atoms with van der Waals surface area (Å²) < 4.78 is 2.03. The Balaban J connectivity index is 1.74. The predicted molar refractivity (Wildman–Crippen MR) is 111 cm³/mol. The summed E-state index contributed by atoms with van der Waals surface area (Å²) in [6.45, 7) is 4.91. The number of nitrogens with one attached hydrogen (secondary N) is 2. The van der Waals surface area contributed by atoms with Gasteiger partial charge < -0.3 is 15.2 Å². The van der Waals surface area contributed by atoms with E-state index in [0.717, 1.165) is 34.8 Å². The molecule has 28 heavy (non-hydrogen) atoms. The first-order valence-corrected chi connectivity index (χ1v) is 9.32. The summed E-state index contributed by atoms with van der Waals surface area (Å²) in [5.74, 6) is 1.84. The standard InChI is InChI=1S/C20H22N8/c1-4-13-7-6-8-14(11-13)24-20-23-12-16-18(27-20)28(5-2)17(25-16)15-9-10-22-19(21-3)26-15/h6-12H,4-5H2,1-3H3,(H,21,22,26)(H,23,24,27). The van der Waals surface area contributed by atoms with E-state index >= 15 is 0 Å². The van der Waals surface area contributed by atoms with Crippen molar-refractivity contribution in [1.82, 2.24) is 29.5 Å². The Hall–Kier alpha value is -3.55. The van der Waals surface area contributed by atoms with Crippen LogP contribution < -0.4 is 10.6 Å². The molecule has 0 saturated carbocycles. The lowest BCUT2D eigenvalue weighted by atomic mass is 10.1. The van der Waals surface area contributed by atoms with E-state index in [1.807, 2.05) is 22.8 Å². The number of rotatable bonds is 6. The van der Waals surface area contributed by atoms with Crippen molar-refractivity contribution < 1.29 is 0 Å². The highest BCUT2D eigenvalue weighted by molar-refractivity contribution is 5.77. The van der Waals surface area contributed by atoms with Crippen LogP contribution in [0.3, 0.4) is 0 Å². The maximum atomic E-state index is 4.70. The van der Waals surface area contributed by atoms with E-state index in [1.54, 1.807) is 19.4 Å². The molecule has 0 aliphatic carbocycles. The number of hydrogen-bond acceptors (Lipinski definition) is 7. The van der Waals surface area contributed by atoms with Crippen LogP contribution in [0.2, 0.25) is 0 Å².